The van der Waals surface area contributed by atoms with Gasteiger partial charge in [0, 0.05) is 0 Å². The minimum atomic E-state index is -0.875. The lowest BCUT2D eigenvalue weighted by Crippen LogP contribution is -2.21. The van der Waals surface area contributed by atoms with Crippen LogP contribution in [0.3, 0.4) is 0 Å². The van der Waals surface area contributed by atoms with E-state index in [2.05, 4.69) is 6.07 Å². The van der Waals surface area contributed by atoms with Gasteiger partial charge in [0.15, 0.2) is 0 Å². The van der Waals surface area contributed by atoms with Gasteiger partial charge >= 0.3 is 0 Å². The summed E-state index contributed by atoms with van der Waals surface area (Å²) >= 11 is 5.75. The van der Waals surface area contributed by atoms with Crippen molar-refractivity contribution < 1.29 is 14.9 Å². The molecule has 0 aliphatic heterocycles. The van der Waals surface area contributed by atoms with Crippen molar-refractivity contribution in [2.45, 2.75) is 6.10 Å². The van der Waals surface area contributed by atoms with E-state index in [0.29, 0.717) is 10.8 Å². The highest BCUT2D eigenvalue weighted by Gasteiger charge is 2.04. The van der Waals surface area contributed by atoms with Crippen LogP contribution in [-0.2, 0) is 0 Å². The topological polar surface area (TPSA) is 49.7 Å². The molecule has 0 fully saturated rings. The molecular formula is C9H10ClO3. The van der Waals surface area contributed by atoms with Crippen LogP contribution in [0.15, 0.2) is 18.2 Å². The standard InChI is InChI=1S/C9H10ClO3/c10-8-3-1-2-4-9(8)13-6-7(12)5-11/h2-4,7,11-12H,5-6H2/t7-/m1/s1. The van der Waals surface area contributed by atoms with E-state index in [1.54, 1.807) is 18.2 Å². The van der Waals surface area contributed by atoms with Gasteiger partial charge in [-0.3, -0.25) is 0 Å². The maximum Gasteiger partial charge on any atom is 0.138 e. The van der Waals surface area contributed by atoms with Crippen molar-refractivity contribution >= 4 is 11.6 Å². The van der Waals surface area contributed by atoms with Gasteiger partial charge in [0.2, 0.25) is 0 Å². The lowest BCUT2D eigenvalue weighted by molar-refractivity contribution is 0.0536. The van der Waals surface area contributed by atoms with E-state index in [1.165, 1.54) is 0 Å². The zero-order valence-electron chi connectivity index (χ0n) is 6.90. The predicted octanol–water partition coefficient (Wildman–Crippen LogP) is 0.872. The van der Waals surface area contributed by atoms with Crippen molar-refractivity contribution in [2.24, 2.45) is 0 Å². The molecule has 3 nitrogen and oxygen atoms in total. The molecule has 13 heavy (non-hydrogen) atoms. The van der Waals surface area contributed by atoms with Crippen LogP contribution in [-0.4, -0.2) is 29.5 Å². The Morgan fingerprint density at radius 3 is 3.00 bits per heavy atom. The maximum atomic E-state index is 8.98. The fraction of sp³-hybridized carbons (Fsp3) is 0.333. The zero-order valence-corrected chi connectivity index (χ0v) is 7.66. The fourth-order valence-electron chi connectivity index (χ4n) is 0.752. The third-order valence-electron chi connectivity index (χ3n) is 1.42. The minimum absolute atomic E-state index is 0.0280. The van der Waals surface area contributed by atoms with Gasteiger partial charge in [-0.15, -0.1) is 0 Å². The van der Waals surface area contributed by atoms with Crippen molar-refractivity contribution in [1.82, 2.24) is 0 Å². The summed E-state index contributed by atoms with van der Waals surface area (Å²) in [4.78, 5) is 0. The smallest absolute Gasteiger partial charge is 0.138 e. The number of aliphatic hydroxyl groups excluding tert-OH is 2. The number of hydrogen-bond donors (Lipinski definition) is 2. The number of ether oxygens (including phenoxy) is 1. The normalized spacial score (nSPS) is 12.5. The van der Waals surface area contributed by atoms with E-state index in [4.69, 9.17) is 26.6 Å². The van der Waals surface area contributed by atoms with Gasteiger partial charge in [-0.1, -0.05) is 17.7 Å². The van der Waals surface area contributed by atoms with Gasteiger partial charge in [0.1, 0.15) is 18.5 Å². The molecule has 1 aromatic carbocycles. The number of hydrogen-bond acceptors (Lipinski definition) is 3. The first-order valence-electron chi connectivity index (χ1n) is 3.81. The molecule has 0 aromatic heterocycles. The van der Waals surface area contributed by atoms with Gasteiger partial charge in [0.25, 0.3) is 0 Å². The molecule has 2 N–H and O–H groups in total. The van der Waals surface area contributed by atoms with Crippen LogP contribution in [0.1, 0.15) is 0 Å². The third-order valence-corrected chi connectivity index (χ3v) is 1.71. The van der Waals surface area contributed by atoms with Gasteiger partial charge in [-0.2, -0.15) is 0 Å². The van der Waals surface area contributed by atoms with E-state index < -0.39 is 6.10 Å². The first-order chi connectivity index (χ1) is 6.24. The molecule has 0 heterocycles. The molecular weight excluding hydrogens is 192 g/mol. The van der Waals surface area contributed by atoms with Gasteiger partial charge in [-0.25, -0.2) is 0 Å². The molecule has 0 saturated heterocycles. The number of benzene rings is 1. The van der Waals surface area contributed by atoms with Crippen LogP contribution in [0.25, 0.3) is 0 Å². The summed E-state index contributed by atoms with van der Waals surface area (Å²) < 4.78 is 5.13. The molecule has 0 spiro atoms. The predicted molar refractivity (Wildman–Crippen MR) is 48.9 cm³/mol. The Balaban J connectivity index is 2.50. The molecule has 4 heteroatoms. The summed E-state index contributed by atoms with van der Waals surface area (Å²) in [7, 11) is 0. The van der Waals surface area contributed by atoms with E-state index in [-0.39, 0.29) is 13.2 Å². The Morgan fingerprint density at radius 2 is 2.38 bits per heavy atom. The van der Waals surface area contributed by atoms with E-state index >= 15 is 0 Å². The van der Waals surface area contributed by atoms with E-state index in [0.717, 1.165) is 0 Å². The van der Waals surface area contributed by atoms with Crippen molar-refractivity contribution in [3.8, 4) is 5.75 Å². The molecule has 1 aromatic rings. The van der Waals surface area contributed by atoms with Gasteiger partial charge in [0.05, 0.1) is 11.6 Å². The number of rotatable bonds is 4. The van der Waals surface area contributed by atoms with Crippen LogP contribution in [0.4, 0.5) is 0 Å². The summed E-state index contributed by atoms with van der Waals surface area (Å²) in [5.74, 6) is 0.480. The van der Waals surface area contributed by atoms with Gasteiger partial charge < -0.3 is 14.9 Å². The van der Waals surface area contributed by atoms with Crippen molar-refractivity contribution in [2.75, 3.05) is 13.2 Å². The Hall–Kier alpha value is -0.770. The molecule has 0 bridgehead atoms. The molecule has 0 aliphatic carbocycles. The summed E-state index contributed by atoms with van der Waals surface area (Å²) in [6.45, 7) is -0.295. The van der Waals surface area contributed by atoms with Crippen LogP contribution in [0.5, 0.6) is 5.75 Å². The summed E-state index contributed by atoms with van der Waals surface area (Å²) in [6.07, 6.45) is -0.875. The SMILES string of the molecule is OC[C@@H](O)COc1cc[c]cc1Cl. The Bertz CT molecular complexity index is 265. The van der Waals surface area contributed by atoms with Crippen LogP contribution in [0, 0.1) is 6.07 Å². The summed E-state index contributed by atoms with van der Waals surface area (Å²) in [5, 5.41) is 17.9. The average Bonchev–Trinajstić information content (AvgIpc) is 2.16. The third kappa shape index (κ3) is 3.22. The van der Waals surface area contributed by atoms with Crippen molar-refractivity contribution in [1.29, 1.82) is 0 Å². The second-order valence-corrected chi connectivity index (χ2v) is 2.91. The largest absolute Gasteiger partial charge is 0.489 e. The van der Waals surface area contributed by atoms with Crippen LogP contribution in [0.2, 0.25) is 5.02 Å². The highest BCUT2D eigenvalue weighted by molar-refractivity contribution is 6.32. The molecule has 0 amide bonds. The molecule has 1 radical (unpaired) electrons. The highest BCUT2D eigenvalue weighted by Crippen LogP contribution is 2.22. The molecule has 0 saturated carbocycles. The first-order valence-corrected chi connectivity index (χ1v) is 4.19. The quantitative estimate of drug-likeness (QED) is 0.760. The molecule has 1 rings (SSSR count). The van der Waals surface area contributed by atoms with Crippen molar-refractivity contribution in [3.05, 3.63) is 29.3 Å². The Labute approximate surface area is 81.5 Å². The van der Waals surface area contributed by atoms with Gasteiger partial charge in [-0.05, 0) is 18.2 Å². The lowest BCUT2D eigenvalue weighted by atomic mass is 10.3. The maximum absolute atomic E-state index is 8.98. The van der Waals surface area contributed by atoms with Crippen LogP contribution < -0.4 is 4.74 Å². The monoisotopic (exact) mass is 201 g/mol. The summed E-state index contributed by atoms with van der Waals surface area (Å²) in [6, 6.07) is 7.66. The van der Waals surface area contributed by atoms with E-state index in [1.807, 2.05) is 0 Å². The molecule has 71 valence electrons. The average molecular weight is 202 g/mol. The fourth-order valence-corrected chi connectivity index (χ4v) is 0.932. The van der Waals surface area contributed by atoms with E-state index in [9.17, 15) is 0 Å². The number of halogens is 1. The van der Waals surface area contributed by atoms with Crippen molar-refractivity contribution in [3.63, 3.8) is 0 Å². The number of aliphatic hydroxyl groups is 2. The summed E-state index contributed by atoms with van der Waals surface area (Å²) in [5.41, 5.74) is 0. The molecule has 0 aliphatic rings. The highest BCUT2D eigenvalue weighted by atomic mass is 35.5. The second-order valence-electron chi connectivity index (χ2n) is 2.50. The molecule has 1 atom stereocenters. The zero-order chi connectivity index (χ0) is 9.68. The van der Waals surface area contributed by atoms with Crippen LogP contribution >= 0.6 is 11.6 Å². The Kier molecular flexibility index (Phi) is 4.02. The molecule has 0 unspecified atom stereocenters. The lowest BCUT2D eigenvalue weighted by Gasteiger charge is -2.10. The Morgan fingerprint density at radius 1 is 1.62 bits per heavy atom. The second kappa shape index (κ2) is 5.07. The minimum Gasteiger partial charge on any atom is -0.489 e. The first kappa shape index (κ1) is 10.3.